The zero-order valence-electron chi connectivity index (χ0n) is 15.4. The molecule has 0 spiro atoms. The summed E-state index contributed by atoms with van der Waals surface area (Å²) in [5, 5.41) is 13.8. The third kappa shape index (κ3) is 3.55. The molecule has 0 saturated heterocycles. The largest absolute Gasteiger partial charge is 0.419 e. The lowest BCUT2D eigenvalue weighted by atomic mass is 10.1. The third-order valence-electron chi connectivity index (χ3n) is 4.89. The van der Waals surface area contributed by atoms with Gasteiger partial charge < -0.3 is 15.1 Å². The molecule has 0 aliphatic heterocycles. The number of anilines is 2. The van der Waals surface area contributed by atoms with Crippen molar-refractivity contribution in [1.82, 2.24) is 15.5 Å². The van der Waals surface area contributed by atoms with Gasteiger partial charge in [-0.25, -0.2) is 0 Å². The minimum atomic E-state index is -4.39. The molecule has 0 radical (unpaired) electrons. The molecule has 0 bridgehead atoms. The molecular weight excluding hydrogens is 385 g/mol. The number of hydrogen-bond donors (Lipinski definition) is 2. The number of likely N-dealkylation sites (N-methyl/N-ethyl adjacent to an activating group) is 1. The van der Waals surface area contributed by atoms with Crippen LogP contribution in [0.3, 0.4) is 0 Å². The fourth-order valence-corrected chi connectivity index (χ4v) is 3.10. The van der Waals surface area contributed by atoms with E-state index in [9.17, 15) is 18.0 Å². The summed E-state index contributed by atoms with van der Waals surface area (Å²) in [6.45, 7) is 0. The lowest BCUT2D eigenvalue weighted by molar-refractivity contribution is -0.137. The number of rotatable bonds is 5. The fraction of sp³-hybridized carbons (Fsp3) is 0.250. The van der Waals surface area contributed by atoms with Crippen molar-refractivity contribution in [3.05, 3.63) is 60.0 Å². The van der Waals surface area contributed by atoms with Crippen LogP contribution in [0.5, 0.6) is 0 Å². The Morgan fingerprint density at radius 2 is 1.76 bits per heavy atom. The summed E-state index contributed by atoms with van der Waals surface area (Å²) < 4.78 is 44.0. The van der Waals surface area contributed by atoms with Crippen LogP contribution in [-0.2, 0) is 16.4 Å². The number of alkyl halides is 3. The Morgan fingerprint density at radius 1 is 1.07 bits per heavy atom. The van der Waals surface area contributed by atoms with Crippen molar-refractivity contribution >= 4 is 17.3 Å². The fourth-order valence-electron chi connectivity index (χ4n) is 3.10. The van der Waals surface area contributed by atoms with E-state index in [1.807, 2.05) is 0 Å². The number of aromatic nitrogens is 2. The molecule has 2 aromatic carbocycles. The molecule has 1 aliphatic carbocycles. The van der Waals surface area contributed by atoms with Gasteiger partial charge in [0.2, 0.25) is 17.7 Å². The zero-order valence-corrected chi connectivity index (χ0v) is 15.4. The Kier molecular flexibility index (Phi) is 4.52. The Balaban J connectivity index is 1.61. The van der Waals surface area contributed by atoms with Crippen LogP contribution >= 0.6 is 0 Å². The monoisotopic (exact) mass is 402 g/mol. The maximum Gasteiger partial charge on any atom is 0.416 e. The van der Waals surface area contributed by atoms with Crippen LogP contribution in [0.4, 0.5) is 24.5 Å². The Morgan fingerprint density at radius 3 is 2.38 bits per heavy atom. The van der Waals surface area contributed by atoms with Gasteiger partial charge in [0.15, 0.2) is 0 Å². The van der Waals surface area contributed by atoms with Crippen molar-refractivity contribution in [2.75, 3.05) is 12.4 Å². The lowest BCUT2D eigenvalue weighted by Gasteiger charge is -2.12. The molecule has 4 rings (SSSR count). The van der Waals surface area contributed by atoms with E-state index in [-0.39, 0.29) is 17.7 Å². The minimum absolute atomic E-state index is 0.163. The number of para-hydroxylation sites is 1. The van der Waals surface area contributed by atoms with Crippen LogP contribution in [0.1, 0.15) is 24.3 Å². The highest BCUT2D eigenvalue weighted by atomic mass is 19.4. The Hall–Kier alpha value is -3.36. The molecule has 1 heterocycles. The van der Waals surface area contributed by atoms with Gasteiger partial charge in [-0.15, -0.1) is 10.2 Å². The van der Waals surface area contributed by atoms with E-state index in [0.29, 0.717) is 29.8 Å². The molecule has 0 unspecified atom stereocenters. The highest BCUT2D eigenvalue weighted by molar-refractivity contribution is 5.90. The first-order valence-corrected chi connectivity index (χ1v) is 8.93. The quantitative estimate of drug-likeness (QED) is 0.666. The second-order valence-electron chi connectivity index (χ2n) is 6.82. The molecule has 29 heavy (non-hydrogen) atoms. The van der Waals surface area contributed by atoms with Crippen molar-refractivity contribution in [3.8, 4) is 11.5 Å². The molecule has 6 nitrogen and oxygen atoms in total. The molecule has 1 fully saturated rings. The van der Waals surface area contributed by atoms with E-state index in [4.69, 9.17) is 4.42 Å². The smallest absolute Gasteiger partial charge is 0.416 e. The van der Waals surface area contributed by atoms with Crippen LogP contribution in [0.15, 0.2) is 52.9 Å². The van der Waals surface area contributed by atoms with Gasteiger partial charge in [-0.3, -0.25) is 4.79 Å². The number of amides is 1. The summed E-state index contributed by atoms with van der Waals surface area (Å²) in [4.78, 5) is 12.1. The molecular formula is C20H17F3N4O2. The van der Waals surface area contributed by atoms with Crippen LogP contribution in [0.25, 0.3) is 11.5 Å². The minimum Gasteiger partial charge on any atom is -0.419 e. The van der Waals surface area contributed by atoms with Crippen LogP contribution in [0, 0.1) is 0 Å². The number of hydrogen-bond acceptors (Lipinski definition) is 5. The van der Waals surface area contributed by atoms with Crippen molar-refractivity contribution < 1.29 is 22.4 Å². The van der Waals surface area contributed by atoms with E-state index in [1.54, 1.807) is 31.3 Å². The SMILES string of the molecule is CNC(=O)C1(c2nnc(-c3ccccc3Nc3ccc(C(F)(F)F)cc3)o2)CC1. The Bertz CT molecular complexity index is 1040. The standard InChI is InChI=1S/C20H17F3N4O2/c1-24-17(28)19(10-11-19)18-27-26-16(29-18)14-4-2-3-5-15(14)25-13-8-6-12(7-9-13)20(21,22)23/h2-9,25H,10-11H2,1H3,(H,24,28). The average Bonchev–Trinajstić information content (AvgIpc) is 3.37. The van der Waals surface area contributed by atoms with E-state index in [1.165, 1.54) is 12.1 Å². The first kappa shape index (κ1) is 19.0. The van der Waals surface area contributed by atoms with Crippen molar-refractivity contribution in [2.24, 2.45) is 0 Å². The molecule has 1 aromatic heterocycles. The average molecular weight is 402 g/mol. The maximum atomic E-state index is 12.7. The third-order valence-corrected chi connectivity index (χ3v) is 4.89. The second kappa shape index (κ2) is 6.91. The number of nitrogens with one attached hydrogen (secondary N) is 2. The maximum absolute atomic E-state index is 12.7. The van der Waals surface area contributed by atoms with Gasteiger partial charge in [-0.2, -0.15) is 13.2 Å². The normalized spacial score (nSPS) is 15.0. The molecule has 1 amide bonds. The zero-order chi connectivity index (χ0) is 20.6. The second-order valence-corrected chi connectivity index (χ2v) is 6.82. The van der Waals surface area contributed by atoms with Crippen LogP contribution in [0.2, 0.25) is 0 Å². The number of halogens is 3. The first-order chi connectivity index (χ1) is 13.8. The van der Waals surface area contributed by atoms with Gasteiger partial charge in [0.1, 0.15) is 5.41 Å². The van der Waals surface area contributed by atoms with Gasteiger partial charge in [-0.05, 0) is 49.2 Å². The highest BCUT2D eigenvalue weighted by Crippen LogP contribution is 2.48. The molecule has 9 heteroatoms. The van der Waals surface area contributed by atoms with Gasteiger partial charge >= 0.3 is 6.18 Å². The molecule has 3 aromatic rings. The Labute approximate surface area is 164 Å². The van der Waals surface area contributed by atoms with E-state index >= 15 is 0 Å². The molecule has 1 aliphatic rings. The number of carbonyl (C=O) groups excluding carboxylic acids is 1. The number of nitrogens with zero attached hydrogens (tertiary/aromatic N) is 2. The molecule has 0 atom stereocenters. The van der Waals surface area contributed by atoms with Crippen LogP contribution < -0.4 is 10.6 Å². The van der Waals surface area contributed by atoms with E-state index < -0.39 is 17.2 Å². The molecule has 2 N–H and O–H groups in total. The van der Waals surface area contributed by atoms with Gasteiger partial charge in [0.25, 0.3) is 0 Å². The van der Waals surface area contributed by atoms with Gasteiger partial charge in [0, 0.05) is 12.7 Å². The van der Waals surface area contributed by atoms with Gasteiger partial charge in [0.05, 0.1) is 16.8 Å². The van der Waals surface area contributed by atoms with E-state index in [2.05, 4.69) is 20.8 Å². The van der Waals surface area contributed by atoms with Crippen molar-refractivity contribution in [1.29, 1.82) is 0 Å². The van der Waals surface area contributed by atoms with E-state index in [0.717, 1.165) is 12.1 Å². The summed E-state index contributed by atoms with van der Waals surface area (Å²) in [5.41, 5.74) is 0.164. The molecule has 150 valence electrons. The lowest BCUT2D eigenvalue weighted by Crippen LogP contribution is -2.32. The van der Waals surface area contributed by atoms with Crippen LogP contribution in [-0.4, -0.2) is 23.2 Å². The summed E-state index contributed by atoms with van der Waals surface area (Å²) in [5.74, 6) is 0.324. The number of carbonyl (C=O) groups is 1. The first-order valence-electron chi connectivity index (χ1n) is 8.93. The topological polar surface area (TPSA) is 80.0 Å². The van der Waals surface area contributed by atoms with Gasteiger partial charge in [-0.1, -0.05) is 12.1 Å². The summed E-state index contributed by atoms with van der Waals surface area (Å²) in [6, 6.07) is 11.8. The predicted octanol–water partition coefficient (Wildman–Crippen LogP) is 4.28. The highest BCUT2D eigenvalue weighted by Gasteiger charge is 2.55. The van der Waals surface area contributed by atoms with Crippen molar-refractivity contribution in [3.63, 3.8) is 0 Å². The summed E-state index contributed by atoms with van der Waals surface area (Å²) >= 11 is 0. The number of benzene rings is 2. The summed E-state index contributed by atoms with van der Waals surface area (Å²) in [6.07, 6.45) is -3.11. The molecule has 1 saturated carbocycles. The predicted molar refractivity (Wildman–Crippen MR) is 99.4 cm³/mol. The van der Waals surface area contributed by atoms with Crippen molar-refractivity contribution in [2.45, 2.75) is 24.4 Å². The summed E-state index contributed by atoms with van der Waals surface area (Å²) in [7, 11) is 1.56.